The molecule has 0 aromatic heterocycles. The maximum atomic E-state index is 8.58. The standard InChI is InChI=1S/C21H44O3/c1-2-3-4-5-6-7-8-9-10-11-12-13-14-15-16-17-20-23-24-21-18-19-22/h22H,2-21H2,1H3. The first kappa shape index (κ1) is 23.9. The Morgan fingerprint density at radius 3 is 1.17 bits per heavy atom. The Morgan fingerprint density at radius 2 is 0.792 bits per heavy atom. The van der Waals surface area contributed by atoms with Crippen molar-refractivity contribution in [1.29, 1.82) is 0 Å². The zero-order valence-electron chi connectivity index (χ0n) is 16.4. The molecule has 0 saturated heterocycles. The van der Waals surface area contributed by atoms with Gasteiger partial charge in [-0.2, -0.15) is 0 Å². The summed E-state index contributed by atoms with van der Waals surface area (Å²) in [5.41, 5.74) is 0. The van der Waals surface area contributed by atoms with E-state index < -0.39 is 0 Å². The molecule has 0 saturated carbocycles. The summed E-state index contributed by atoms with van der Waals surface area (Å²) in [5.74, 6) is 0. The number of aliphatic hydroxyl groups excluding tert-OH is 1. The average molecular weight is 345 g/mol. The smallest absolute Gasteiger partial charge is 0.0844 e. The highest BCUT2D eigenvalue weighted by Gasteiger charge is 1.95. The SMILES string of the molecule is CCCCCCCCCCCCCCCCCCOOCCCO. The lowest BCUT2D eigenvalue weighted by atomic mass is 10.0. The lowest BCUT2D eigenvalue weighted by Gasteiger charge is -2.04. The van der Waals surface area contributed by atoms with Gasteiger partial charge in [-0.05, 0) is 12.8 Å². The summed E-state index contributed by atoms with van der Waals surface area (Å²) < 4.78 is 0. The molecule has 0 aromatic carbocycles. The van der Waals surface area contributed by atoms with Gasteiger partial charge in [-0.25, -0.2) is 9.78 Å². The van der Waals surface area contributed by atoms with Crippen molar-refractivity contribution in [2.75, 3.05) is 19.8 Å². The van der Waals surface area contributed by atoms with Crippen molar-refractivity contribution >= 4 is 0 Å². The van der Waals surface area contributed by atoms with Crippen LogP contribution < -0.4 is 0 Å². The second kappa shape index (κ2) is 22.9. The average Bonchev–Trinajstić information content (AvgIpc) is 2.60. The Morgan fingerprint density at radius 1 is 0.458 bits per heavy atom. The van der Waals surface area contributed by atoms with E-state index in [0.29, 0.717) is 19.6 Å². The van der Waals surface area contributed by atoms with E-state index in [1.165, 1.54) is 96.3 Å². The van der Waals surface area contributed by atoms with E-state index in [2.05, 4.69) is 6.92 Å². The van der Waals surface area contributed by atoms with Crippen LogP contribution in [0.25, 0.3) is 0 Å². The first-order valence-corrected chi connectivity index (χ1v) is 10.8. The van der Waals surface area contributed by atoms with Crippen molar-refractivity contribution in [3.05, 3.63) is 0 Å². The monoisotopic (exact) mass is 344 g/mol. The third-order valence-electron chi connectivity index (χ3n) is 4.55. The second-order valence-electron chi connectivity index (χ2n) is 7.02. The predicted molar refractivity (Wildman–Crippen MR) is 103 cm³/mol. The van der Waals surface area contributed by atoms with Crippen LogP contribution in [0.4, 0.5) is 0 Å². The molecule has 0 aliphatic carbocycles. The van der Waals surface area contributed by atoms with E-state index in [0.717, 1.165) is 6.42 Å². The Kier molecular flexibility index (Phi) is 22.8. The van der Waals surface area contributed by atoms with Crippen molar-refractivity contribution in [2.45, 2.75) is 116 Å². The van der Waals surface area contributed by atoms with E-state index in [-0.39, 0.29) is 6.61 Å². The van der Waals surface area contributed by atoms with Gasteiger partial charge < -0.3 is 5.11 Å². The minimum atomic E-state index is 0.169. The molecule has 0 spiro atoms. The van der Waals surface area contributed by atoms with Crippen LogP contribution in [-0.4, -0.2) is 24.9 Å². The fourth-order valence-electron chi connectivity index (χ4n) is 2.95. The zero-order chi connectivity index (χ0) is 17.6. The highest BCUT2D eigenvalue weighted by Crippen LogP contribution is 2.13. The molecule has 0 heterocycles. The van der Waals surface area contributed by atoms with Gasteiger partial charge in [0.2, 0.25) is 0 Å². The van der Waals surface area contributed by atoms with Crippen LogP contribution >= 0.6 is 0 Å². The van der Waals surface area contributed by atoms with Gasteiger partial charge in [0.1, 0.15) is 0 Å². The van der Waals surface area contributed by atoms with E-state index >= 15 is 0 Å². The van der Waals surface area contributed by atoms with Gasteiger partial charge in [0.25, 0.3) is 0 Å². The van der Waals surface area contributed by atoms with E-state index in [1.54, 1.807) is 0 Å². The summed E-state index contributed by atoms with van der Waals surface area (Å²) in [6.45, 7) is 3.63. The molecule has 146 valence electrons. The minimum absolute atomic E-state index is 0.169. The van der Waals surface area contributed by atoms with Crippen LogP contribution in [0.15, 0.2) is 0 Å². The van der Waals surface area contributed by atoms with Gasteiger partial charge in [0, 0.05) is 6.61 Å². The largest absolute Gasteiger partial charge is 0.396 e. The molecule has 0 fully saturated rings. The first-order chi connectivity index (χ1) is 11.9. The Bertz CT molecular complexity index is 187. The summed E-state index contributed by atoms with van der Waals surface area (Å²) in [5, 5.41) is 8.58. The highest BCUT2D eigenvalue weighted by atomic mass is 17.2. The van der Waals surface area contributed by atoms with Gasteiger partial charge >= 0.3 is 0 Å². The van der Waals surface area contributed by atoms with Crippen molar-refractivity contribution in [2.24, 2.45) is 0 Å². The molecule has 0 aromatic rings. The summed E-state index contributed by atoms with van der Waals surface area (Å²) in [4.78, 5) is 9.98. The van der Waals surface area contributed by atoms with Crippen LogP contribution in [0, 0.1) is 0 Å². The molecular weight excluding hydrogens is 300 g/mol. The molecule has 3 nitrogen and oxygen atoms in total. The molecule has 0 unspecified atom stereocenters. The maximum Gasteiger partial charge on any atom is 0.0844 e. The fraction of sp³-hybridized carbons (Fsp3) is 1.00. The maximum absolute atomic E-state index is 8.58. The molecular formula is C21H44O3. The van der Waals surface area contributed by atoms with Gasteiger partial charge in [-0.15, -0.1) is 0 Å². The number of hydrogen-bond donors (Lipinski definition) is 1. The van der Waals surface area contributed by atoms with Gasteiger partial charge in [0.05, 0.1) is 13.2 Å². The Hall–Kier alpha value is -0.120. The molecule has 24 heavy (non-hydrogen) atoms. The normalized spacial score (nSPS) is 11.2. The second-order valence-corrected chi connectivity index (χ2v) is 7.02. The summed E-state index contributed by atoms with van der Waals surface area (Å²) in [6.07, 6.45) is 22.8. The van der Waals surface area contributed by atoms with E-state index in [4.69, 9.17) is 14.9 Å². The number of rotatable bonds is 21. The molecule has 0 amide bonds. The minimum Gasteiger partial charge on any atom is -0.396 e. The third kappa shape index (κ3) is 21.9. The van der Waals surface area contributed by atoms with Crippen LogP contribution in [0.3, 0.4) is 0 Å². The summed E-state index contributed by atoms with van der Waals surface area (Å²) in [6, 6.07) is 0. The van der Waals surface area contributed by atoms with Crippen molar-refractivity contribution in [3.8, 4) is 0 Å². The van der Waals surface area contributed by atoms with Gasteiger partial charge in [-0.3, -0.25) is 0 Å². The zero-order valence-corrected chi connectivity index (χ0v) is 16.4. The number of aliphatic hydroxyl groups is 1. The quantitative estimate of drug-likeness (QED) is 0.145. The van der Waals surface area contributed by atoms with Crippen LogP contribution in [0.5, 0.6) is 0 Å². The first-order valence-electron chi connectivity index (χ1n) is 10.8. The lowest BCUT2D eigenvalue weighted by molar-refractivity contribution is -0.295. The molecule has 0 aliphatic heterocycles. The summed E-state index contributed by atoms with van der Waals surface area (Å²) in [7, 11) is 0. The molecule has 1 N–H and O–H groups in total. The van der Waals surface area contributed by atoms with Gasteiger partial charge in [-0.1, -0.05) is 103 Å². The topological polar surface area (TPSA) is 38.7 Å². The van der Waals surface area contributed by atoms with Crippen LogP contribution in [0.2, 0.25) is 0 Å². The molecule has 0 aliphatic rings. The molecule has 0 atom stereocenters. The van der Waals surface area contributed by atoms with Crippen LogP contribution in [-0.2, 0) is 9.78 Å². The Labute approximate surface area is 151 Å². The third-order valence-corrected chi connectivity index (χ3v) is 4.55. The molecule has 0 radical (unpaired) electrons. The summed E-state index contributed by atoms with van der Waals surface area (Å²) >= 11 is 0. The van der Waals surface area contributed by atoms with Crippen molar-refractivity contribution in [1.82, 2.24) is 0 Å². The van der Waals surface area contributed by atoms with Gasteiger partial charge in [0.15, 0.2) is 0 Å². The predicted octanol–water partition coefficient (Wildman–Crippen LogP) is 6.58. The van der Waals surface area contributed by atoms with Crippen molar-refractivity contribution in [3.63, 3.8) is 0 Å². The molecule has 3 heteroatoms. The number of unbranched alkanes of at least 4 members (excludes halogenated alkanes) is 15. The van der Waals surface area contributed by atoms with E-state index in [1.807, 2.05) is 0 Å². The van der Waals surface area contributed by atoms with Crippen molar-refractivity contribution < 1.29 is 14.9 Å². The fourth-order valence-corrected chi connectivity index (χ4v) is 2.95. The highest BCUT2D eigenvalue weighted by molar-refractivity contribution is 4.49. The van der Waals surface area contributed by atoms with E-state index in [9.17, 15) is 0 Å². The Balaban J connectivity index is 2.93. The molecule has 0 bridgehead atoms. The van der Waals surface area contributed by atoms with Crippen LogP contribution in [0.1, 0.15) is 116 Å². The molecule has 0 rings (SSSR count). The lowest BCUT2D eigenvalue weighted by Crippen LogP contribution is -2.00. The number of hydrogen-bond acceptors (Lipinski definition) is 3.